The van der Waals surface area contributed by atoms with Crippen LogP contribution in [0.5, 0.6) is 5.75 Å². The quantitative estimate of drug-likeness (QED) is 0.703. The summed E-state index contributed by atoms with van der Waals surface area (Å²) in [6.07, 6.45) is 0. The number of aromatic carboxylic acids is 1. The molecule has 1 heterocycles. The Labute approximate surface area is 163 Å². The van der Waals surface area contributed by atoms with Crippen LogP contribution in [-0.4, -0.2) is 43.2 Å². The minimum absolute atomic E-state index is 0.0568. The summed E-state index contributed by atoms with van der Waals surface area (Å²) in [5, 5.41) is 9.43. The van der Waals surface area contributed by atoms with E-state index in [1.165, 1.54) is 24.8 Å². The molecule has 0 aliphatic heterocycles. The second-order valence-electron chi connectivity index (χ2n) is 6.51. The predicted octanol–water partition coefficient (Wildman–Crippen LogP) is 2.72. The average Bonchev–Trinajstić information content (AvgIpc) is 2.96. The molecule has 9 heteroatoms. The molecule has 2 aromatic carbocycles. The van der Waals surface area contributed by atoms with Crippen LogP contribution < -0.4 is 9.04 Å². The Kier molecular flexibility index (Phi) is 4.80. The highest BCUT2D eigenvalue weighted by atomic mass is 32.2. The van der Waals surface area contributed by atoms with E-state index < -0.39 is 16.0 Å². The zero-order valence-electron chi connectivity index (χ0n) is 16.2. The molecule has 3 rings (SSSR count). The molecule has 0 saturated carbocycles. The summed E-state index contributed by atoms with van der Waals surface area (Å²) in [6, 6.07) is 8.00. The van der Waals surface area contributed by atoms with Gasteiger partial charge in [-0.25, -0.2) is 22.5 Å². The van der Waals surface area contributed by atoms with Crippen molar-refractivity contribution in [3.63, 3.8) is 0 Å². The van der Waals surface area contributed by atoms with Crippen LogP contribution in [0.4, 0.5) is 5.95 Å². The third-order valence-electron chi connectivity index (χ3n) is 4.67. The fourth-order valence-electron chi connectivity index (χ4n) is 3.39. The Bertz CT molecular complexity index is 1170. The van der Waals surface area contributed by atoms with E-state index in [1.54, 1.807) is 45.2 Å². The van der Waals surface area contributed by atoms with Gasteiger partial charge in [-0.15, -0.1) is 0 Å². The normalized spacial score (nSPS) is 11.6. The molecule has 28 heavy (non-hydrogen) atoms. The van der Waals surface area contributed by atoms with E-state index in [0.29, 0.717) is 27.9 Å². The summed E-state index contributed by atoms with van der Waals surface area (Å²) < 4.78 is 34.4. The van der Waals surface area contributed by atoms with Gasteiger partial charge in [-0.1, -0.05) is 6.07 Å². The van der Waals surface area contributed by atoms with Gasteiger partial charge in [-0.05, 0) is 49.2 Å². The number of sulfonamides is 1. The molecular formula is C19H21N3O5S. The molecular weight excluding hydrogens is 382 g/mol. The highest BCUT2D eigenvalue weighted by Gasteiger charge is 2.29. The zero-order chi connectivity index (χ0) is 20.8. The van der Waals surface area contributed by atoms with Gasteiger partial charge in [0.05, 0.1) is 28.6 Å². The molecule has 0 spiro atoms. The van der Waals surface area contributed by atoms with Gasteiger partial charge in [0.15, 0.2) is 0 Å². The molecule has 1 N–H and O–H groups in total. The molecule has 0 saturated heterocycles. The van der Waals surface area contributed by atoms with Gasteiger partial charge in [-0.3, -0.25) is 0 Å². The summed E-state index contributed by atoms with van der Waals surface area (Å²) >= 11 is 0. The molecule has 148 valence electrons. The van der Waals surface area contributed by atoms with Crippen LogP contribution >= 0.6 is 0 Å². The van der Waals surface area contributed by atoms with E-state index in [2.05, 4.69) is 4.98 Å². The molecule has 0 unspecified atom stereocenters. The van der Waals surface area contributed by atoms with Crippen molar-refractivity contribution in [1.29, 1.82) is 0 Å². The van der Waals surface area contributed by atoms with E-state index in [1.807, 2.05) is 0 Å². The van der Waals surface area contributed by atoms with Crippen LogP contribution in [-0.2, 0) is 17.1 Å². The number of aryl methyl sites for hydroxylation is 3. The summed E-state index contributed by atoms with van der Waals surface area (Å²) in [6.45, 7) is 3.40. The summed E-state index contributed by atoms with van der Waals surface area (Å²) in [5.74, 6) is -0.406. The summed E-state index contributed by atoms with van der Waals surface area (Å²) in [5.41, 5.74) is 1.92. The Hall–Kier alpha value is -3.07. The van der Waals surface area contributed by atoms with Gasteiger partial charge in [0.25, 0.3) is 10.0 Å². The number of anilines is 1. The molecule has 0 bridgehead atoms. The van der Waals surface area contributed by atoms with Crippen LogP contribution in [0.15, 0.2) is 35.2 Å². The lowest BCUT2D eigenvalue weighted by molar-refractivity contribution is 0.0698. The predicted molar refractivity (Wildman–Crippen MR) is 106 cm³/mol. The molecule has 0 atom stereocenters. The molecule has 0 amide bonds. The zero-order valence-corrected chi connectivity index (χ0v) is 17.0. The SMILES string of the molecule is COc1cc(C)c(S(=O)(=O)N(C)c2nc3cccc(C(=O)O)c3n2C)c(C)c1. The van der Waals surface area contributed by atoms with Crippen molar-refractivity contribution in [3.8, 4) is 5.75 Å². The fraction of sp³-hybridized carbons (Fsp3) is 0.263. The number of hydrogen-bond donors (Lipinski definition) is 1. The van der Waals surface area contributed by atoms with Gasteiger partial charge in [-0.2, -0.15) is 0 Å². The number of fused-ring (bicyclic) bond motifs is 1. The van der Waals surface area contributed by atoms with Crippen LogP contribution in [0.3, 0.4) is 0 Å². The van der Waals surface area contributed by atoms with Crippen LogP contribution in [0, 0.1) is 13.8 Å². The van der Waals surface area contributed by atoms with Crippen LogP contribution in [0.2, 0.25) is 0 Å². The highest BCUT2D eigenvalue weighted by molar-refractivity contribution is 7.92. The monoisotopic (exact) mass is 403 g/mol. The first-order chi connectivity index (χ1) is 13.1. The molecule has 0 fully saturated rings. The lowest BCUT2D eigenvalue weighted by Crippen LogP contribution is -2.30. The van der Waals surface area contributed by atoms with Crippen molar-refractivity contribution >= 4 is 33.0 Å². The van der Waals surface area contributed by atoms with Gasteiger partial charge < -0.3 is 14.4 Å². The molecule has 0 aliphatic carbocycles. The third-order valence-corrected chi connectivity index (χ3v) is 6.71. The Morgan fingerprint density at radius 1 is 1.21 bits per heavy atom. The van der Waals surface area contributed by atoms with Crippen molar-refractivity contribution in [1.82, 2.24) is 9.55 Å². The number of imidazole rings is 1. The largest absolute Gasteiger partial charge is 0.497 e. The highest BCUT2D eigenvalue weighted by Crippen LogP contribution is 2.31. The first kappa shape index (κ1) is 19.7. The second kappa shape index (κ2) is 6.83. The Morgan fingerprint density at radius 2 is 1.82 bits per heavy atom. The number of carboxylic acid groups (broad SMARTS) is 1. The number of hydrogen-bond acceptors (Lipinski definition) is 5. The molecule has 1 aromatic heterocycles. The van der Waals surface area contributed by atoms with Gasteiger partial charge in [0.1, 0.15) is 5.75 Å². The molecule has 3 aromatic rings. The first-order valence-electron chi connectivity index (χ1n) is 8.42. The van der Waals surface area contributed by atoms with E-state index in [4.69, 9.17) is 4.74 Å². The van der Waals surface area contributed by atoms with Crippen molar-refractivity contribution < 1.29 is 23.1 Å². The van der Waals surface area contributed by atoms with E-state index in [9.17, 15) is 18.3 Å². The average molecular weight is 403 g/mol. The molecule has 0 aliphatic rings. The first-order valence-corrected chi connectivity index (χ1v) is 9.86. The third kappa shape index (κ3) is 2.97. The Morgan fingerprint density at radius 3 is 2.36 bits per heavy atom. The fourth-order valence-corrected chi connectivity index (χ4v) is 4.97. The minimum atomic E-state index is -3.93. The van der Waals surface area contributed by atoms with Gasteiger partial charge in [0, 0.05) is 14.1 Å². The van der Waals surface area contributed by atoms with Crippen molar-refractivity contribution in [3.05, 3.63) is 47.0 Å². The topological polar surface area (TPSA) is 102 Å². The smallest absolute Gasteiger partial charge is 0.337 e. The van der Waals surface area contributed by atoms with E-state index >= 15 is 0 Å². The van der Waals surface area contributed by atoms with E-state index in [-0.39, 0.29) is 16.4 Å². The summed E-state index contributed by atoms with van der Waals surface area (Å²) in [4.78, 5) is 16.1. The number of ether oxygens (including phenoxy) is 1. The van der Waals surface area contributed by atoms with Crippen molar-refractivity contribution in [2.45, 2.75) is 18.7 Å². The molecule has 0 radical (unpaired) electrons. The number of carbonyl (C=O) groups is 1. The number of methoxy groups -OCH3 is 1. The lowest BCUT2D eigenvalue weighted by Gasteiger charge is -2.21. The lowest BCUT2D eigenvalue weighted by atomic mass is 10.1. The van der Waals surface area contributed by atoms with Crippen molar-refractivity contribution in [2.24, 2.45) is 7.05 Å². The summed E-state index contributed by atoms with van der Waals surface area (Å²) in [7, 11) is 0.584. The number of carboxylic acids is 1. The number of benzene rings is 2. The standard InChI is InChI=1S/C19H21N3O5S/c1-11-9-13(27-5)10-12(2)17(11)28(25,26)22(4)19-20-15-8-6-7-14(18(23)24)16(15)21(19)3/h6-10H,1-5H3,(H,23,24). The number of para-hydroxylation sites is 1. The minimum Gasteiger partial charge on any atom is -0.497 e. The number of nitrogens with zero attached hydrogens (tertiary/aromatic N) is 3. The Balaban J connectivity index is 2.20. The maximum Gasteiger partial charge on any atom is 0.337 e. The van der Waals surface area contributed by atoms with Gasteiger partial charge >= 0.3 is 5.97 Å². The van der Waals surface area contributed by atoms with E-state index in [0.717, 1.165) is 4.31 Å². The van der Waals surface area contributed by atoms with Crippen molar-refractivity contribution in [2.75, 3.05) is 18.5 Å². The maximum atomic E-state index is 13.3. The number of rotatable bonds is 5. The molecule has 8 nitrogen and oxygen atoms in total. The van der Waals surface area contributed by atoms with Crippen LogP contribution in [0.25, 0.3) is 11.0 Å². The number of aromatic nitrogens is 2. The maximum absolute atomic E-state index is 13.3. The second-order valence-corrected chi connectivity index (χ2v) is 8.42. The van der Waals surface area contributed by atoms with Crippen LogP contribution in [0.1, 0.15) is 21.5 Å². The van der Waals surface area contributed by atoms with Gasteiger partial charge in [0.2, 0.25) is 5.95 Å².